The van der Waals surface area contributed by atoms with Gasteiger partial charge in [-0.25, -0.2) is 4.98 Å². The van der Waals surface area contributed by atoms with Gasteiger partial charge < -0.3 is 9.88 Å². The molecular weight excluding hydrogens is 313 g/mol. The molecule has 82 valence electrons. The number of fused-ring (bicyclic) bond motifs is 1. The quantitative estimate of drug-likeness (QED) is 0.815. The number of benzene rings is 1. The first-order valence-electron chi connectivity index (χ1n) is 5.35. The van der Waals surface area contributed by atoms with Crippen molar-refractivity contribution in [3.8, 4) is 11.3 Å². The van der Waals surface area contributed by atoms with E-state index in [4.69, 9.17) is 0 Å². The van der Waals surface area contributed by atoms with E-state index in [2.05, 4.69) is 67.9 Å². The van der Waals surface area contributed by atoms with Crippen LogP contribution in [0.3, 0.4) is 0 Å². The number of nitrogens with zero attached hydrogens (tertiary/aromatic N) is 2. The number of imidazole rings is 1. The molecule has 4 heteroatoms. The number of nitrogens with one attached hydrogen (secondary N) is 1. The molecule has 1 aromatic heterocycles. The van der Waals surface area contributed by atoms with E-state index in [9.17, 15) is 0 Å². The normalized spacial score (nSPS) is 14.8. The number of halogens is 1. The number of rotatable bonds is 1. The summed E-state index contributed by atoms with van der Waals surface area (Å²) in [5.74, 6) is 1.14. The number of hydrogen-bond donors (Lipinski definition) is 1. The van der Waals surface area contributed by atoms with E-state index in [1.807, 2.05) is 0 Å². The Balaban J connectivity index is 2.03. The Bertz CT molecular complexity index is 495. The van der Waals surface area contributed by atoms with Crippen LogP contribution < -0.4 is 5.32 Å². The van der Waals surface area contributed by atoms with Crippen molar-refractivity contribution in [1.29, 1.82) is 0 Å². The fourth-order valence-corrected chi connectivity index (χ4v) is 2.52. The third-order valence-corrected chi connectivity index (χ3v) is 3.46. The van der Waals surface area contributed by atoms with Crippen molar-refractivity contribution in [2.24, 2.45) is 0 Å². The van der Waals surface area contributed by atoms with E-state index in [1.54, 1.807) is 0 Å². The molecule has 1 aliphatic heterocycles. The van der Waals surface area contributed by atoms with E-state index < -0.39 is 0 Å². The lowest BCUT2D eigenvalue weighted by Crippen LogP contribution is -2.27. The lowest BCUT2D eigenvalue weighted by atomic mass is 10.2. The molecule has 3 nitrogen and oxygen atoms in total. The molecule has 1 aliphatic rings. The fraction of sp³-hybridized carbons (Fsp3) is 0.250. The van der Waals surface area contributed by atoms with Gasteiger partial charge in [-0.05, 0) is 34.7 Å². The average Bonchev–Trinajstić information content (AvgIpc) is 2.72. The van der Waals surface area contributed by atoms with E-state index in [1.165, 1.54) is 9.13 Å². The van der Waals surface area contributed by atoms with Gasteiger partial charge >= 0.3 is 0 Å². The fourth-order valence-electron chi connectivity index (χ4n) is 1.98. The minimum atomic E-state index is 0.879. The Morgan fingerprint density at radius 2 is 2.31 bits per heavy atom. The first-order chi connectivity index (χ1) is 7.83. The minimum Gasteiger partial charge on any atom is -0.332 e. The summed E-state index contributed by atoms with van der Waals surface area (Å²) < 4.78 is 3.49. The summed E-state index contributed by atoms with van der Waals surface area (Å²) in [4.78, 5) is 4.66. The van der Waals surface area contributed by atoms with Crippen LogP contribution in [0, 0.1) is 3.57 Å². The largest absolute Gasteiger partial charge is 0.332 e. The van der Waals surface area contributed by atoms with Gasteiger partial charge in [-0.15, -0.1) is 0 Å². The molecule has 1 aromatic carbocycles. The van der Waals surface area contributed by atoms with E-state index in [0.29, 0.717) is 0 Å². The molecule has 2 aromatic rings. The highest BCUT2D eigenvalue weighted by atomic mass is 127. The molecule has 0 amide bonds. The number of aromatic nitrogens is 2. The SMILES string of the molecule is Ic1cccc(-c2cn3c(n2)CNCC3)c1. The van der Waals surface area contributed by atoms with Crippen molar-refractivity contribution < 1.29 is 0 Å². The predicted octanol–water partition coefficient (Wildman–Crippen LogP) is 2.26. The third-order valence-electron chi connectivity index (χ3n) is 2.79. The highest BCUT2D eigenvalue weighted by molar-refractivity contribution is 14.1. The molecule has 0 radical (unpaired) electrons. The highest BCUT2D eigenvalue weighted by Gasteiger charge is 2.12. The van der Waals surface area contributed by atoms with E-state index in [0.717, 1.165) is 31.2 Å². The summed E-state index contributed by atoms with van der Waals surface area (Å²) in [7, 11) is 0. The Hall–Kier alpha value is -0.880. The Morgan fingerprint density at radius 3 is 3.12 bits per heavy atom. The van der Waals surface area contributed by atoms with Gasteiger partial charge in [-0.1, -0.05) is 12.1 Å². The summed E-state index contributed by atoms with van der Waals surface area (Å²) in [6.45, 7) is 2.94. The zero-order valence-electron chi connectivity index (χ0n) is 8.78. The Labute approximate surface area is 108 Å². The van der Waals surface area contributed by atoms with Crippen molar-refractivity contribution in [2.75, 3.05) is 6.54 Å². The summed E-state index contributed by atoms with van der Waals surface area (Å²) in [5, 5.41) is 3.33. The van der Waals surface area contributed by atoms with Crippen LogP contribution in [0.25, 0.3) is 11.3 Å². The van der Waals surface area contributed by atoms with Gasteiger partial charge in [0.2, 0.25) is 0 Å². The van der Waals surface area contributed by atoms with Crippen LogP contribution in [0.2, 0.25) is 0 Å². The molecule has 0 spiro atoms. The van der Waals surface area contributed by atoms with Gasteiger partial charge in [-0.2, -0.15) is 0 Å². The second-order valence-corrected chi connectivity index (χ2v) is 5.17. The minimum absolute atomic E-state index is 0.879. The Kier molecular flexibility index (Phi) is 2.69. The molecule has 16 heavy (non-hydrogen) atoms. The van der Waals surface area contributed by atoms with E-state index in [-0.39, 0.29) is 0 Å². The molecule has 0 saturated carbocycles. The van der Waals surface area contributed by atoms with Gasteiger partial charge in [-0.3, -0.25) is 0 Å². The molecule has 0 fully saturated rings. The zero-order chi connectivity index (χ0) is 11.0. The summed E-state index contributed by atoms with van der Waals surface area (Å²) in [6.07, 6.45) is 2.15. The smallest absolute Gasteiger partial charge is 0.123 e. The van der Waals surface area contributed by atoms with Gasteiger partial charge in [0.25, 0.3) is 0 Å². The topological polar surface area (TPSA) is 29.9 Å². The second kappa shape index (κ2) is 4.18. The molecular formula is C12H12IN3. The molecule has 0 bridgehead atoms. The maximum atomic E-state index is 4.66. The van der Waals surface area contributed by atoms with Crippen LogP contribution in [0.15, 0.2) is 30.5 Å². The van der Waals surface area contributed by atoms with Gasteiger partial charge in [0.15, 0.2) is 0 Å². The molecule has 2 heterocycles. The standard InChI is InChI=1S/C12H12IN3/c13-10-3-1-2-9(6-10)11-8-16-5-4-14-7-12(16)15-11/h1-3,6,8,14H,4-5,7H2. The van der Waals surface area contributed by atoms with Crippen molar-refractivity contribution in [2.45, 2.75) is 13.1 Å². The molecule has 1 N–H and O–H groups in total. The maximum absolute atomic E-state index is 4.66. The van der Waals surface area contributed by atoms with Crippen molar-refractivity contribution in [3.63, 3.8) is 0 Å². The highest BCUT2D eigenvalue weighted by Crippen LogP contribution is 2.21. The summed E-state index contributed by atoms with van der Waals surface area (Å²) in [5.41, 5.74) is 2.28. The third kappa shape index (κ3) is 1.87. The number of hydrogen-bond acceptors (Lipinski definition) is 2. The zero-order valence-corrected chi connectivity index (χ0v) is 10.9. The molecule has 0 saturated heterocycles. The molecule has 3 rings (SSSR count). The van der Waals surface area contributed by atoms with Crippen molar-refractivity contribution >= 4 is 22.6 Å². The van der Waals surface area contributed by atoms with Crippen molar-refractivity contribution in [1.82, 2.24) is 14.9 Å². The monoisotopic (exact) mass is 325 g/mol. The first-order valence-corrected chi connectivity index (χ1v) is 6.43. The van der Waals surface area contributed by atoms with E-state index >= 15 is 0 Å². The van der Waals surface area contributed by atoms with Crippen LogP contribution in [0.1, 0.15) is 5.82 Å². The summed E-state index contributed by atoms with van der Waals surface area (Å²) in [6, 6.07) is 8.46. The second-order valence-electron chi connectivity index (χ2n) is 3.92. The first kappa shape index (κ1) is 10.3. The molecule has 0 unspecified atom stereocenters. The molecule has 0 atom stereocenters. The van der Waals surface area contributed by atoms with Crippen LogP contribution in [-0.4, -0.2) is 16.1 Å². The van der Waals surface area contributed by atoms with Gasteiger partial charge in [0.1, 0.15) is 5.82 Å². The van der Waals surface area contributed by atoms with Crippen LogP contribution in [0.4, 0.5) is 0 Å². The van der Waals surface area contributed by atoms with Crippen LogP contribution in [-0.2, 0) is 13.1 Å². The molecule has 0 aliphatic carbocycles. The van der Waals surface area contributed by atoms with Crippen LogP contribution in [0.5, 0.6) is 0 Å². The van der Waals surface area contributed by atoms with Gasteiger partial charge in [0.05, 0.1) is 12.2 Å². The predicted molar refractivity (Wildman–Crippen MR) is 72.1 cm³/mol. The maximum Gasteiger partial charge on any atom is 0.123 e. The Morgan fingerprint density at radius 1 is 1.38 bits per heavy atom. The van der Waals surface area contributed by atoms with Crippen molar-refractivity contribution in [3.05, 3.63) is 39.9 Å². The van der Waals surface area contributed by atoms with Gasteiger partial charge in [0, 0.05) is 28.4 Å². The average molecular weight is 325 g/mol. The summed E-state index contributed by atoms with van der Waals surface area (Å²) >= 11 is 2.33. The van der Waals surface area contributed by atoms with Crippen LogP contribution >= 0.6 is 22.6 Å². The lowest BCUT2D eigenvalue weighted by Gasteiger charge is -2.13. The lowest BCUT2D eigenvalue weighted by molar-refractivity contribution is 0.505.